The van der Waals surface area contributed by atoms with Crippen LogP contribution >= 0.6 is 15.9 Å². The zero-order chi connectivity index (χ0) is 19.0. The monoisotopic (exact) mass is 428 g/mol. The number of hydrogen-bond donors (Lipinski definition) is 3. The molecule has 27 heavy (non-hydrogen) atoms. The van der Waals surface area contributed by atoms with Crippen LogP contribution in [0.25, 0.3) is 0 Å². The molecule has 8 heteroatoms. The molecule has 3 N–H and O–H groups in total. The Labute approximate surface area is 164 Å². The second-order valence-corrected chi connectivity index (χ2v) is 7.35. The molecule has 4 rings (SSSR count). The number of halogens is 1. The lowest BCUT2D eigenvalue weighted by atomic mass is 9.90. The molecule has 0 saturated carbocycles. The second-order valence-electron chi connectivity index (χ2n) is 6.43. The summed E-state index contributed by atoms with van der Waals surface area (Å²) in [6.45, 7) is 0. The van der Waals surface area contributed by atoms with Crippen LogP contribution in [0.3, 0.4) is 0 Å². The zero-order valence-electron chi connectivity index (χ0n) is 14.1. The predicted molar refractivity (Wildman–Crippen MR) is 102 cm³/mol. The van der Waals surface area contributed by atoms with Gasteiger partial charge in [0.15, 0.2) is 0 Å². The molecule has 4 unspecified atom stereocenters. The summed E-state index contributed by atoms with van der Waals surface area (Å²) in [5.74, 6) is -0.828. The number of imide groups is 1. The molecular formula is C19H17BrN4O3. The average molecular weight is 429 g/mol. The van der Waals surface area contributed by atoms with Crippen LogP contribution in [-0.4, -0.2) is 39.0 Å². The van der Waals surface area contributed by atoms with Crippen LogP contribution in [0.4, 0.5) is 5.82 Å². The van der Waals surface area contributed by atoms with Crippen molar-refractivity contribution in [2.24, 2.45) is 5.92 Å². The maximum atomic E-state index is 12.4. The van der Waals surface area contributed by atoms with E-state index in [2.05, 4.69) is 31.7 Å². The van der Waals surface area contributed by atoms with E-state index in [4.69, 9.17) is 0 Å². The number of nitrogens with one attached hydrogen (secondary N) is 2. The first-order chi connectivity index (χ1) is 13.0. The normalized spacial score (nSPS) is 25.8. The van der Waals surface area contributed by atoms with Gasteiger partial charge in [0.2, 0.25) is 11.8 Å². The van der Waals surface area contributed by atoms with Gasteiger partial charge < -0.3 is 10.5 Å². The molecule has 1 saturated heterocycles. The Morgan fingerprint density at radius 1 is 1.11 bits per heavy atom. The summed E-state index contributed by atoms with van der Waals surface area (Å²) < 4.78 is 0.905. The van der Waals surface area contributed by atoms with Crippen LogP contribution in [0.5, 0.6) is 0 Å². The van der Waals surface area contributed by atoms with E-state index in [-0.39, 0.29) is 5.91 Å². The van der Waals surface area contributed by atoms with Crippen molar-refractivity contribution in [1.29, 1.82) is 0 Å². The van der Waals surface area contributed by atoms with Gasteiger partial charge in [-0.1, -0.05) is 46.3 Å². The first kappa shape index (κ1) is 17.8. The number of aliphatic hydroxyl groups excluding tert-OH is 1. The predicted octanol–water partition coefficient (Wildman–Crippen LogP) is 1.79. The van der Waals surface area contributed by atoms with Gasteiger partial charge in [-0.15, -0.1) is 0 Å². The van der Waals surface area contributed by atoms with E-state index >= 15 is 0 Å². The van der Waals surface area contributed by atoms with E-state index in [0.29, 0.717) is 11.4 Å². The molecule has 4 atom stereocenters. The number of hydrazine groups is 1. The number of aliphatic hydroxyl groups is 1. The second kappa shape index (κ2) is 7.22. The van der Waals surface area contributed by atoms with E-state index in [0.717, 1.165) is 4.47 Å². The van der Waals surface area contributed by atoms with Crippen molar-refractivity contribution in [2.75, 3.05) is 5.43 Å². The van der Waals surface area contributed by atoms with Gasteiger partial charge in [0.1, 0.15) is 11.9 Å². The average Bonchev–Trinajstić information content (AvgIpc) is 2.97. The maximum absolute atomic E-state index is 12.4. The van der Waals surface area contributed by atoms with Crippen molar-refractivity contribution in [3.8, 4) is 0 Å². The van der Waals surface area contributed by atoms with E-state index < -0.39 is 30.0 Å². The molecule has 0 aliphatic carbocycles. The van der Waals surface area contributed by atoms with Gasteiger partial charge in [-0.25, -0.2) is 4.98 Å². The molecule has 0 bridgehead atoms. The fourth-order valence-corrected chi connectivity index (χ4v) is 3.67. The molecular weight excluding hydrogens is 412 g/mol. The number of benzene rings is 1. The first-order valence-corrected chi connectivity index (χ1v) is 9.26. The molecule has 0 radical (unpaired) electrons. The van der Waals surface area contributed by atoms with Crippen LogP contribution in [-0.2, 0) is 9.59 Å². The van der Waals surface area contributed by atoms with Gasteiger partial charge in [0.25, 0.3) is 0 Å². The van der Waals surface area contributed by atoms with Crippen LogP contribution < -0.4 is 10.7 Å². The Kier molecular flexibility index (Phi) is 4.77. The van der Waals surface area contributed by atoms with Crippen LogP contribution in [0, 0.1) is 5.92 Å². The number of carbonyl (C=O) groups excluding carboxylic acids is 2. The summed E-state index contributed by atoms with van der Waals surface area (Å²) in [6.07, 6.45) is 4.16. The van der Waals surface area contributed by atoms with Crippen molar-refractivity contribution in [2.45, 2.75) is 18.2 Å². The highest BCUT2D eigenvalue weighted by atomic mass is 79.9. The molecule has 2 aromatic rings. The van der Waals surface area contributed by atoms with Gasteiger partial charge >= 0.3 is 0 Å². The van der Waals surface area contributed by atoms with Gasteiger partial charge in [0, 0.05) is 10.7 Å². The number of nitrogens with zero attached hydrogens (tertiary/aromatic N) is 2. The van der Waals surface area contributed by atoms with Gasteiger partial charge in [-0.2, -0.15) is 5.01 Å². The molecule has 1 fully saturated rings. The summed E-state index contributed by atoms with van der Waals surface area (Å²) in [5.41, 5.74) is 3.80. The number of anilines is 1. The summed E-state index contributed by atoms with van der Waals surface area (Å²) >= 11 is 3.38. The minimum absolute atomic E-state index is 0.342. The lowest BCUT2D eigenvalue weighted by molar-refractivity contribution is -0.126. The minimum atomic E-state index is -0.907. The molecule has 3 heterocycles. The largest absolute Gasteiger partial charge is 0.386 e. The molecule has 1 aromatic carbocycles. The number of pyridine rings is 1. The van der Waals surface area contributed by atoms with Gasteiger partial charge in [0.05, 0.1) is 18.1 Å². The minimum Gasteiger partial charge on any atom is -0.386 e. The third kappa shape index (κ3) is 3.39. The fourth-order valence-electron chi connectivity index (χ4n) is 3.41. The fraction of sp³-hybridized carbons (Fsp3) is 0.211. The third-order valence-corrected chi connectivity index (χ3v) is 5.27. The highest BCUT2D eigenvalue weighted by Gasteiger charge is 2.49. The number of fused-ring (bicyclic) bond motifs is 1. The summed E-state index contributed by atoms with van der Waals surface area (Å²) in [5, 5.41) is 14.9. The Hall–Kier alpha value is -2.55. The summed E-state index contributed by atoms with van der Waals surface area (Å²) in [6, 6.07) is 11.3. The smallest absolute Gasteiger partial charge is 0.246 e. The first-order valence-electron chi connectivity index (χ1n) is 8.47. The van der Waals surface area contributed by atoms with Crippen molar-refractivity contribution < 1.29 is 14.7 Å². The standard InChI is InChI=1S/C19H17BrN4O3/c20-12-6-4-11(5-7-12)17(25)14-9-8-13-16(19(27)22-18(13)26)24(14)23-15-3-1-2-10-21-15/h1-10,13-14,16-17,25H,(H,21,23)(H,22,26,27). The van der Waals surface area contributed by atoms with E-state index in [9.17, 15) is 14.7 Å². The van der Waals surface area contributed by atoms with Gasteiger partial charge in [-0.05, 0) is 29.8 Å². The number of amides is 2. The lowest BCUT2D eigenvalue weighted by Crippen LogP contribution is -2.55. The van der Waals surface area contributed by atoms with Gasteiger partial charge in [-0.3, -0.25) is 14.9 Å². The Morgan fingerprint density at radius 3 is 2.59 bits per heavy atom. The summed E-state index contributed by atoms with van der Waals surface area (Å²) in [4.78, 5) is 28.7. The lowest BCUT2D eigenvalue weighted by Gasteiger charge is -2.40. The van der Waals surface area contributed by atoms with Crippen molar-refractivity contribution >= 4 is 33.6 Å². The molecule has 2 aliphatic heterocycles. The van der Waals surface area contributed by atoms with E-state index in [1.807, 2.05) is 30.3 Å². The Morgan fingerprint density at radius 2 is 1.89 bits per heavy atom. The van der Waals surface area contributed by atoms with E-state index in [1.54, 1.807) is 35.5 Å². The maximum Gasteiger partial charge on any atom is 0.246 e. The van der Waals surface area contributed by atoms with Crippen molar-refractivity contribution in [3.63, 3.8) is 0 Å². The number of aromatic nitrogens is 1. The Bertz CT molecular complexity index is 888. The van der Waals surface area contributed by atoms with E-state index in [1.165, 1.54) is 0 Å². The summed E-state index contributed by atoms with van der Waals surface area (Å²) in [7, 11) is 0. The zero-order valence-corrected chi connectivity index (χ0v) is 15.7. The highest BCUT2D eigenvalue weighted by molar-refractivity contribution is 9.10. The van der Waals surface area contributed by atoms with Crippen LogP contribution in [0.1, 0.15) is 11.7 Å². The van der Waals surface area contributed by atoms with Crippen molar-refractivity contribution in [3.05, 3.63) is 70.8 Å². The molecule has 7 nitrogen and oxygen atoms in total. The SMILES string of the molecule is O=C1NC(=O)C2C1C=CC(C(O)c1ccc(Br)cc1)N2Nc1ccccn1. The highest BCUT2D eigenvalue weighted by Crippen LogP contribution is 2.33. The van der Waals surface area contributed by atoms with Crippen LogP contribution in [0.2, 0.25) is 0 Å². The molecule has 138 valence electrons. The topological polar surface area (TPSA) is 94.6 Å². The molecule has 2 amide bonds. The van der Waals surface area contributed by atoms with Crippen LogP contribution in [0.15, 0.2) is 65.3 Å². The quantitative estimate of drug-likeness (QED) is 0.507. The number of hydrogen-bond acceptors (Lipinski definition) is 6. The number of carbonyl (C=O) groups is 2. The third-order valence-electron chi connectivity index (χ3n) is 4.74. The van der Waals surface area contributed by atoms with Crippen molar-refractivity contribution in [1.82, 2.24) is 15.3 Å². The molecule has 0 spiro atoms. The number of rotatable bonds is 4. The molecule has 1 aromatic heterocycles. The molecule has 2 aliphatic rings. The Balaban J connectivity index is 1.70.